The molecule has 0 radical (unpaired) electrons. The molecular weight excluding hydrogens is 173 g/mol. The Morgan fingerprint density at radius 2 is 1.25 bits per heavy atom. The zero-order valence-corrected chi connectivity index (χ0v) is 11.2. The molecule has 0 amide bonds. The molecule has 4 fully saturated rings. The predicted octanol–water partition coefficient (Wildman–Crippen LogP) is -0.970. The molecule has 2 heteroatoms. The monoisotopic (exact) mass is 191 g/mol. The molecule has 0 unspecified atom stereocenters. The Morgan fingerprint density at radius 1 is 0.917 bits per heavy atom. The van der Waals surface area contributed by atoms with Crippen molar-refractivity contribution in [3.8, 4) is 0 Å². The maximum atomic E-state index is 6.32. The van der Waals surface area contributed by atoms with Crippen LogP contribution in [-0.2, 0) is 0 Å². The van der Waals surface area contributed by atoms with Crippen molar-refractivity contribution in [1.82, 2.24) is 0 Å². The summed E-state index contributed by atoms with van der Waals surface area (Å²) in [5.74, 6) is 3.06. The first kappa shape index (κ1) is 10.1. The fraction of sp³-hybridized carbons (Fsp3) is 1.00. The molecule has 0 aromatic heterocycles. The number of hydrogen-bond acceptors (Lipinski definition) is 1. The molecule has 4 rings (SSSR count). The zero-order valence-electron chi connectivity index (χ0n) is 9.05. The normalized spacial score (nSPS) is 55.2. The van der Waals surface area contributed by atoms with Crippen LogP contribution in [0.15, 0.2) is 0 Å². The second-order valence-corrected chi connectivity index (χ2v) is 5.28. The van der Waals surface area contributed by atoms with E-state index in [2.05, 4.69) is 0 Å². The van der Waals surface area contributed by atoms with Crippen LogP contribution in [0.2, 0.25) is 0 Å². The minimum atomic E-state index is 0. The maximum absolute atomic E-state index is 6.32. The number of hydrogen-bond donors (Lipinski definition) is 1. The van der Waals surface area contributed by atoms with Crippen molar-refractivity contribution in [3.63, 3.8) is 0 Å². The van der Waals surface area contributed by atoms with E-state index < -0.39 is 0 Å². The van der Waals surface area contributed by atoms with Crippen molar-refractivity contribution >= 4 is 0 Å². The van der Waals surface area contributed by atoms with Crippen molar-refractivity contribution in [2.45, 2.75) is 44.1 Å². The Balaban J connectivity index is 0.000000422. The van der Waals surface area contributed by atoms with Crippen LogP contribution in [0.3, 0.4) is 0 Å². The average Bonchev–Trinajstić information content (AvgIpc) is 1.79. The van der Waals surface area contributed by atoms with Gasteiger partial charge < -0.3 is 7.16 Å². The molecule has 0 heterocycles. The van der Waals surface area contributed by atoms with Gasteiger partial charge in [0.05, 0.1) is 0 Å². The van der Waals surface area contributed by atoms with Crippen LogP contribution in [0.5, 0.6) is 0 Å². The quantitative estimate of drug-likeness (QED) is 0.490. The van der Waals surface area contributed by atoms with Gasteiger partial charge in [0.25, 0.3) is 0 Å². The molecule has 0 spiro atoms. The third kappa shape index (κ3) is 1.59. The van der Waals surface area contributed by atoms with Crippen LogP contribution in [0.4, 0.5) is 0 Å². The van der Waals surface area contributed by atoms with E-state index >= 15 is 0 Å². The Bertz CT molecular complexity index is 160. The molecule has 1 nitrogen and oxygen atoms in total. The molecule has 12 heavy (non-hydrogen) atoms. The molecule has 0 atom stereocenters. The molecule has 4 bridgehead atoms. The van der Waals surface area contributed by atoms with Gasteiger partial charge in [-0.3, -0.25) is 0 Å². The molecule has 0 saturated heterocycles. The summed E-state index contributed by atoms with van der Waals surface area (Å²) in [6.45, 7) is 0. The van der Waals surface area contributed by atoms with E-state index in [4.69, 9.17) is 5.73 Å². The number of nitrogens with two attached hydrogens (primary N) is 1. The molecule has 64 valence electrons. The minimum Gasteiger partial charge on any atom is -1.00 e. The van der Waals surface area contributed by atoms with E-state index in [0.717, 1.165) is 17.8 Å². The topological polar surface area (TPSA) is 26.0 Å². The Kier molecular flexibility index (Phi) is 2.80. The summed E-state index contributed by atoms with van der Waals surface area (Å²) in [5, 5.41) is 0. The summed E-state index contributed by atoms with van der Waals surface area (Å²) in [6, 6.07) is 0. The first-order valence-electron chi connectivity index (χ1n) is 5.02. The minimum absolute atomic E-state index is 0. The maximum Gasteiger partial charge on any atom is 1.00 e. The van der Waals surface area contributed by atoms with Gasteiger partial charge in [-0.05, 0) is 56.3 Å². The third-order valence-electron chi connectivity index (χ3n) is 4.09. The standard InChI is InChI=1S/C10H17N.K.H/c11-10-4-7-1-8(5-10)3-9(2-7)6-10;;/h7-9H,1-6,11H2;;/q;+1;-1. The SMILES string of the molecule is NC12CC3CC(CC(C3)C1)C2.[H-].[K+]. The molecule has 0 aliphatic heterocycles. The third-order valence-corrected chi connectivity index (χ3v) is 4.09. The fourth-order valence-corrected chi connectivity index (χ4v) is 4.18. The van der Waals surface area contributed by atoms with Gasteiger partial charge in [-0.1, -0.05) is 0 Å². The molecule has 2 N–H and O–H groups in total. The summed E-state index contributed by atoms with van der Waals surface area (Å²) in [6.07, 6.45) is 8.57. The average molecular weight is 191 g/mol. The molecule has 4 aliphatic carbocycles. The molecular formula is C10H18KN. The summed E-state index contributed by atoms with van der Waals surface area (Å²) < 4.78 is 0. The van der Waals surface area contributed by atoms with Crippen LogP contribution in [0, 0.1) is 17.8 Å². The van der Waals surface area contributed by atoms with Crippen molar-refractivity contribution in [2.24, 2.45) is 23.5 Å². The van der Waals surface area contributed by atoms with Crippen molar-refractivity contribution in [3.05, 3.63) is 0 Å². The fourth-order valence-electron chi connectivity index (χ4n) is 4.18. The van der Waals surface area contributed by atoms with E-state index in [0.29, 0.717) is 5.54 Å². The Labute approximate surface area is 119 Å². The van der Waals surface area contributed by atoms with E-state index in [1.165, 1.54) is 38.5 Å². The van der Waals surface area contributed by atoms with Crippen LogP contribution in [0.1, 0.15) is 40.0 Å². The van der Waals surface area contributed by atoms with Crippen LogP contribution in [-0.4, -0.2) is 5.54 Å². The van der Waals surface area contributed by atoms with Gasteiger partial charge in [0.2, 0.25) is 0 Å². The summed E-state index contributed by atoms with van der Waals surface area (Å²) in [4.78, 5) is 0. The Morgan fingerprint density at radius 3 is 1.50 bits per heavy atom. The first-order chi connectivity index (χ1) is 5.23. The van der Waals surface area contributed by atoms with Crippen molar-refractivity contribution in [1.29, 1.82) is 0 Å². The molecule has 4 saturated carbocycles. The second-order valence-electron chi connectivity index (χ2n) is 5.28. The summed E-state index contributed by atoms with van der Waals surface area (Å²) in [7, 11) is 0. The van der Waals surface area contributed by atoms with Crippen molar-refractivity contribution in [2.75, 3.05) is 0 Å². The van der Waals surface area contributed by atoms with Gasteiger partial charge in [0.15, 0.2) is 0 Å². The van der Waals surface area contributed by atoms with Gasteiger partial charge in [-0.15, -0.1) is 0 Å². The van der Waals surface area contributed by atoms with E-state index in [9.17, 15) is 0 Å². The van der Waals surface area contributed by atoms with Gasteiger partial charge in [0.1, 0.15) is 0 Å². The predicted molar refractivity (Wildman–Crippen MR) is 46.2 cm³/mol. The van der Waals surface area contributed by atoms with E-state index in [1.807, 2.05) is 0 Å². The van der Waals surface area contributed by atoms with Gasteiger partial charge in [0, 0.05) is 5.54 Å². The van der Waals surface area contributed by atoms with Gasteiger partial charge in [-0.2, -0.15) is 0 Å². The summed E-state index contributed by atoms with van der Waals surface area (Å²) >= 11 is 0. The molecule has 0 aromatic rings. The van der Waals surface area contributed by atoms with Crippen LogP contribution in [0.25, 0.3) is 0 Å². The Hall–Kier alpha value is 1.60. The van der Waals surface area contributed by atoms with Crippen molar-refractivity contribution < 1.29 is 52.8 Å². The largest absolute Gasteiger partial charge is 1.00 e. The zero-order chi connectivity index (χ0) is 7.47. The smallest absolute Gasteiger partial charge is 1.00 e. The van der Waals surface area contributed by atoms with Gasteiger partial charge in [-0.25, -0.2) is 0 Å². The molecule has 0 aromatic carbocycles. The second kappa shape index (κ2) is 3.32. The molecule has 4 aliphatic rings. The summed E-state index contributed by atoms with van der Waals surface area (Å²) in [5.41, 5.74) is 6.62. The van der Waals surface area contributed by atoms with Crippen LogP contribution < -0.4 is 57.1 Å². The first-order valence-corrected chi connectivity index (χ1v) is 5.02. The van der Waals surface area contributed by atoms with Crippen LogP contribution >= 0.6 is 0 Å². The van der Waals surface area contributed by atoms with E-state index in [-0.39, 0.29) is 52.8 Å². The van der Waals surface area contributed by atoms with E-state index in [1.54, 1.807) is 0 Å². The van der Waals surface area contributed by atoms with Gasteiger partial charge >= 0.3 is 51.4 Å². The number of rotatable bonds is 0.